The van der Waals surface area contributed by atoms with Gasteiger partial charge in [0.2, 0.25) is 5.95 Å². The second-order valence-corrected chi connectivity index (χ2v) is 6.75. The number of aromatic nitrogens is 4. The van der Waals surface area contributed by atoms with Gasteiger partial charge in [0.05, 0.1) is 11.9 Å². The van der Waals surface area contributed by atoms with Crippen LogP contribution in [0.4, 0.5) is 16.0 Å². The molecule has 1 unspecified atom stereocenters. The molecule has 0 radical (unpaired) electrons. The minimum absolute atomic E-state index is 0.0764. The molecular weight excluding hydrogens is 345 g/mol. The smallest absolute Gasteiger partial charge is 0.229 e. The normalized spacial score (nSPS) is 12.2. The van der Waals surface area contributed by atoms with Crippen LogP contribution in [0.2, 0.25) is 0 Å². The van der Waals surface area contributed by atoms with Gasteiger partial charge in [0.1, 0.15) is 0 Å². The summed E-state index contributed by atoms with van der Waals surface area (Å²) in [5.74, 6) is -0.185. The molecule has 3 aromatic rings. The number of nitrogens with two attached hydrogens (primary N) is 2. The van der Waals surface area contributed by atoms with E-state index >= 15 is 0 Å². The maximum Gasteiger partial charge on any atom is 0.229 e. The molecular formula is C19H24FN7. The van der Waals surface area contributed by atoms with Gasteiger partial charge < -0.3 is 16.8 Å². The van der Waals surface area contributed by atoms with Crippen LogP contribution < -0.4 is 16.8 Å². The topological polar surface area (TPSA) is 108 Å². The zero-order chi connectivity index (χ0) is 19.6. The highest BCUT2D eigenvalue weighted by atomic mass is 19.1. The van der Waals surface area contributed by atoms with Crippen molar-refractivity contribution in [2.24, 2.45) is 11.5 Å². The molecule has 142 valence electrons. The molecule has 1 atom stereocenters. The lowest BCUT2D eigenvalue weighted by Gasteiger charge is -2.09. The molecule has 5 N–H and O–H groups in total. The molecule has 7 nitrogen and oxygen atoms in total. The standard InChI is InChI=1S/C19H24FN7/c1-11-4-12(2)6-16(5-11)24-19-23-9-17(20)18(25-19)27-10-14(13(3)26-27)7-15(22)8-21/h4-6,9-10,15H,7-8,21-22H2,1-3H3,(H,23,24,25). The van der Waals surface area contributed by atoms with Gasteiger partial charge in [-0.15, -0.1) is 0 Å². The monoisotopic (exact) mass is 369 g/mol. The van der Waals surface area contributed by atoms with E-state index in [4.69, 9.17) is 11.5 Å². The molecule has 0 amide bonds. The number of halogens is 1. The van der Waals surface area contributed by atoms with Crippen LogP contribution in [-0.2, 0) is 6.42 Å². The first-order valence-electron chi connectivity index (χ1n) is 8.74. The summed E-state index contributed by atoms with van der Waals surface area (Å²) < 4.78 is 15.7. The van der Waals surface area contributed by atoms with Crippen molar-refractivity contribution >= 4 is 11.6 Å². The molecule has 3 rings (SSSR count). The van der Waals surface area contributed by atoms with Gasteiger partial charge in [0.25, 0.3) is 0 Å². The summed E-state index contributed by atoms with van der Waals surface area (Å²) in [4.78, 5) is 8.33. The van der Waals surface area contributed by atoms with Gasteiger partial charge in [0.15, 0.2) is 11.6 Å². The second-order valence-electron chi connectivity index (χ2n) is 6.75. The first-order valence-corrected chi connectivity index (χ1v) is 8.74. The minimum atomic E-state index is -0.557. The Morgan fingerprint density at radius 1 is 1.19 bits per heavy atom. The number of rotatable bonds is 6. The van der Waals surface area contributed by atoms with Crippen LogP contribution in [0.25, 0.3) is 5.82 Å². The summed E-state index contributed by atoms with van der Waals surface area (Å²) in [6, 6.07) is 5.86. The highest BCUT2D eigenvalue weighted by Crippen LogP contribution is 2.20. The molecule has 0 fully saturated rings. The lowest BCUT2D eigenvalue weighted by molar-refractivity contribution is 0.593. The fraction of sp³-hybridized carbons (Fsp3) is 0.316. The Morgan fingerprint density at radius 3 is 2.56 bits per heavy atom. The highest BCUT2D eigenvalue weighted by Gasteiger charge is 2.15. The van der Waals surface area contributed by atoms with Crippen molar-refractivity contribution in [1.29, 1.82) is 0 Å². The molecule has 0 spiro atoms. The van der Waals surface area contributed by atoms with Gasteiger partial charge in [-0.1, -0.05) is 6.07 Å². The molecule has 2 heterocycles. The largest absolute Gasteiger partial charge is 0.329 e. The molecule has 0 saturated heterocycles. The molecule has 8 heteroatoms. The van der Waals surface area contributed by atoms with E-state index < -0.39 is 5.82 Å². The van der Waals surface area contributed by atoms with Crippen molar-refractivity contribution in [3.8, 4) is 5.82 Å². The van der Waals surface area contributed by atoms with Crippen LogP contribution in [0.5, 0.6) is 0 Å². The summed E-state index contributed by atoms with van der Waals surface area (Å²) in [7, 11) is 0. The van der Waals surface area contributed by atoms with Crippen LogP contribution >= 0.6 is 0 Å². The van der Waals surface area contributed by atoms with Gasteiger partial charge in [-0.2, -0.15) is 10.1 Å². The van der Waals surface area contributed by atoms with Crippen LogP contribution in [0.1, 0.15) is 22.4 Å². The predicted molar refractivity (Wildman–Crippen MR) is 104 cm³/mol. The fourth-order valence-corrected chi connectivity index (χ4v) is 2.93. The van der Waals surface area contributed by atoms with Crippen LogP contribution in [0.15, 0.2) is 30.6 Å². The summed E-state index contributed by atoms with van der Waals surface area (Å²) in [5, 5.41) is 7.49. The number of nitrogens with zero attached hydrogens (tertiary/aromatic N) is 4. The Labute approximate surface area is 157 Å². The summed E-state index contributed by atoms with van der Waals surface area (Å²) in [6.45, 7) is 6.24. The van der Waals surface area contributed by atoms with Crippen molar-refractivity contribution in [3.63, 3.8) is 0 Å². The average molecular weight is 369 g/mol. The molecule has 0 aliphatic rings. The Morgan fingerprint density at radius 2 is 1.89 bits per heavy atom. The molecule has 0 saturated carbocycles. The van der Waals surface area contributed by atoms with E-state index in [1.165, 1.54) is 4.68 Å². The number of hydrogen-bond donors (Lipinski definition) is 3. The molecule has 2 aromatic heterocycles. The number of aryl methyl sites for hydroxylation is 3. The van der Waals surface area contributed by atoms with Gasteiger partial charge in [-0.3, -0.25) is 0 Å². The second kappa shape index (κ2) is 7.81. The number of anilines is 2. The van der Waals surface area contributed by atoms with Gasteiger partial charge in [-0.05, 0) is 56.0 Å². The van der Waals surface area contributed by atoms with Gasteiger partial charge >= 0.3 is 0 Å². The molecule has 1 aromatic carbocycles. The maximum atomic E-state index is 14.3. The molecule has 0 aliphatic heterocycles. The van der Waals surface area contributed by atoms with Crippen molar-refractivity contribution in [2.45, 2.75) is 33.2 Å². The number of hydrogen-bond acceptors (Lipinski definition) is 6. The highest BCUT2D eigenvalue weighted by molar-refractivity contribution is 5.56. The Balaban J connectivity index is 1.90. The predicted octanol–water partition coefficient (Wildman–Crippen LogP) is 2.30. The first kappa shape index (κ1) is 18.9. The van der Waals surface area contributed by atoms with E-state index in [1.807, 2.05) is 32.9 Å². The Bertz CT molecular complexity index is 931. The number of benzene rings is 1. The third-order valence-corrected chi connectivity index (χ3v) is 4.21. The number of nitrogens with one attached hydrogen (secondary N) is 1. The first-order chi connectivity index (χ1) is 12.9. The van der Waals surface area contributed by atoms with E-state index in [2.05, 4.69) is 26.4 Å². The van der Waals surface area contributed by atoms with Gasteiger partial charge in [0, 0.05) is 24.5 Å². The lowest BCUT2D eigenvalue weighted by Crippen LogP contribution is -2.31. The summed E-state index contributed by atoms with van der Waals surface area (Å²) in [5.41, 5.74) is 16.2. The zero-order valence-electron chi connectivity index (χ0n) is 15.7. The van der Waals surface area contributed by atoms with Crippen molar-refractivity contribution in [2.75, 3.05) is 11.9 Å². The van der Waals surface area contributed by atoms with Gasteiger partial charge in [-0.25, -0.2) is 14.1 Å². The van der Waals surface area contributed by atoms with Crippen LogP contribution in [0.3, 0.4) is 0 Å². The average Bonchev–Trinajstić information content (AvgIpc) is 2.96. The van der Waals surface area contributed by atoms with E-state index in [0.717, 1.165) is 34.3 Å². The van der Waals surface area contributed by atoms with E-state index in [9.17, 15) is 4.39 Å². The molecule has 0 bridgehead atoms. The fourth-order valence-electron chi connectivity index (χ4n) is 2.93. The molecule has 27 heavy (non-hydrogen) atoms. The SMILES string of the molecule is Cc1cc(C)cc(Nc2ncc(F)c(-n3cc(CC(N)CN)c(C)n3)n2)c1. The summed E-state index contributed by atoms with van der Waals surface area (Å²) in [6.07, 6.45) is 3.44. The third-order valence-electron chi connectivity index (χ3n) is 4.21. The quantitative estimate of drug-likeness (QED) is 0.615. The Hall–Kier alpha value is -2.84. The minimum Gasteiger partial charge on any atom is -0.329 e. The lowest BCUT2D eigenvalue weighted by atomic mass is 10.1. The van der Waals surface area contributed by atoms with Crippen molar-refractivity contribution in [3.05, 3.63) is 58.8 Å². The van der Waals surface area contributed by atoms with E-state index in [-0.39, 0.29) is 11.9 Å². The molecule has 0 aliphatic carbocycles. The van der Waals surface area contributed by atoms with E-state index in [1.54, 1.807) is 6.20 Å². The third kappa shape index (κ3) is 4.47. The van der Waals surface area contributed by atoms with E-state index in [0.29, 0.717) is 18.9 Å². The van der Waals surface area contributed by atoms with Crippen LogP contribution in [0, 0.1) is 26.6 Å². The van der Waals surface area contributed by atoms with Crippen molar-refractivity contribution < 1.29 is 4.39 Å². The van der Waals surface area contributed by atoms with Crippen LogP contribution in [-0.4, -0.2) is 32.3 Å². The van der Waals surface area contributed by atoms with Crippen molar-refractivity contribution in [1.82, 2.24) is 19.7 Å². The zero-order valence-corrected chi connectivity index (χ0v) is 15.7. The maximum absolute atomic E-state index is 14.3. The Kier molecular flexibility index (Phi) is 5.48. The summed E-state index contributed by atoms with van der Waals surface area (Å²) >= 11 is 0.